The molecule has 6 nitrogen and oxygen atoms in total. The molecule has 20 heavy (non-hydrogen) atoms. The molecule has 0 spiro atoms. The zero-order valence-corrected chi connectivity index (χ0v) is 12.1. The van der Waals surface area contributed by atoms with Gasteiger partial charge < -0.3 is 4.74 Å². The van der Waals surface area contributed by atoms with Crippen LogP contribution < -0.4 is 5.32 Å². The minimum Gasteiger partial charge on any atom is -0.377 e. The average molecular weight is 278 g/mol. The molecule has 0 unspecified atom stereocenters. The molecular formula is C14H22N4O2. The second-order valence-electron chi connectivity index (χ2n) is 6.11. The van der Waals surface area contributed by atoms with Gasteiger partial charge in [0.05, 0.1) is 12.0 Å². The van der Waals surface area contributed by atoms with Crippen LogP contribution in [-0.2, 0) is 9.53 Å². The van der Waals surface area contributed by atoms with E-state index in [1.165, 1.54) is 0 Å². The minimum atomic E-state index is -0.0897. The molecule has 6 heteroatoms. The van der Waals surface area contributed by atoms with E-state index < -0.39 is 0 Å². The average Bonchev–Trinajstić information content (AvgIpc) is 3.19. The van der Waals surface area contributed by atoms with Gasteiger partial charge in [-0.05, 0) is 31.6 Å². The highest BCUT2D eigenvalue weighted by Gasteiger charge is 2.35. The molecule has 0 radical (unpaired) electrons. The maximum absolute atomic E-state index is 12.5. The molecule has 2 heterocycles. The first-order valence-electron chi connectivity index (χ1n) is 7.49. The first-order chi connectivity index (χ1) is 9.66. The number of hydrogen-bond acceptors (Lipinski definition) is 4. The molecule has 0 aromatic carbocycles. The van der Waals surface area contributed by atoms with E-state index in [0.29, 0.717) is 17.9 Å². The van der Waals surface area contributed by atoms with Crippen LogP contribution in [0.25, 0.3) is 0 Å². The first kappa shape index (κ1) is 13.5. The van der Waals surface area contributed by atoms with Gasteiger partial charge in [-0.15, -0.1) is 10.2 Å². The van der Waals surface area contributed by atoms with Gasteiger partial charge in [-0.1, -0.05) is 13.8 Å². The molecule has 1 saturated heterocycles. The number of aromatic nitrogens is 3. The normalized spacial score (nSPS) is 26.8. The van der Waals surface area contributed by atoms with Crippen molar-refractivity contribution >= 4 is 11.9 Å². The van der Waals surface area contributed by atoms with Crippen molar-refractivity contribution in [2.24, 2.45) is 11.8 Å². The molecule has 1 aromatic heterocycles. The van der Waals surface area contributed by atoms with Crippen LogP contribution in [0, 0.1) is 11.8 Å². The third-order valence-electron chi connectivity index (χ3n) is 4.11. The van der Waals surface area contributed by atoms with Crippen molar-refractivity contribution in [3.8, 4) is 0 Å². The Labute approximate surface area is 118 Å². The van der Waals surface area contributed by atoms with Crippen LogP contribution in [0.1, 0.15) is 45.6 Å². The van der Waals surface area contributed by atoms with Gasteiger partial charge in [-0.25, -0.2) is 0 Å². The molecule has 2 aliphatic rings. The molecule has 1 aliphatic heterocycles. The van der Waals surface area contributed by atoms with Gasteiger partial charge in [0.1, 0.15) is 6.33 Å². The summed E-state index contributed by atoms with van der Waals surface area (Å²) in [7, 11) is 0. The summed E-state index contributed by atoms with van der Waals surface area (Å²) >= 11 is 0. The van der Waals surface area contributed by atoms with Gasteiger partial charge in [0.15, 0.2) is 0 Å². The smallest absolute Gasteiger partial charge is 0.232 e. The summed E-state index contributed by atoms with van der Waals surface area (Å²) in [6, 6.07) is 0.462. The van der Waals surface area contributed by atoms with Crippen LogP contribution in [0.3, 0.4) is 0 Å². The van der Waals surface area contributed by atoms with E-state index >= 15 is 0 Å². The van der Waals surface area contributed by atoms with Crippen LogP contribution >= 0.6 is 0 Å². The lowest BCUT2D eigenvalue weighted by Gasteiger charge is -2.33. The summed E-state index contributed by atoms with van der Waals surface area (Å²) in [6.07, 6.45) is 5.80. The highest BCUT2D eigenvalue weighted by atomic mass is 16.5. The Morgan fingerprint density at radius 3 is 2.95 bits per heavy atom. The van der Waals surface area contributed by atoms with Crippen LogP contribution in [0.4, 0.5) is 5.95 Å². The van der Waals surface area contributed by atoms with Crippen LogP contribution in [0.5, 0.6) is 0 Å². The zero-order valence-electron chi connectivity index (χ0n) is 12.1. The van der Waals surface area contributed by atoms with Crippen molar-refractivity contribution in [1.29, 1.82) is 0 Å². The molecule has 2 fully saturated rings. The lowest BCUT2D eigenvalue weighted by molar-refractivity contribution is -0.131. The summed E-state index contributed by atoms with van der Waals surface area (Å²) in [5, 5.41) is 10.9. The molecule has 1 aliphatic carbocycles. The fourth-order valence-electron chi connectivity index (χ4n) is 2.90. The Bertz CT molecular complexity index is 481. The van der Waals surface area contributed by atoms with Crippen molar-refractivity contribution in [2.45, 2.75) is 51.7 Å². The second-order valence-corrected chi connectivity index (χ2v) is 6.11. The SMILES string of the molecule is CC(C)[C@@H]1OCCC[C@H]1C(=O)Nc1nncn1C1CC1. The van der Waals surface area contributed by atoms with Crippen molar-refractivity contribution in [3.63, 3.8) is 0 Å². The van der Waals surface area contributed by atoms with E-state index in [0.717, 1.165) is 32.3 Å². The highest BCUT2D eigenvalue weighted by molar-refractivity contribution is 5.91. The third-order valence-corrected chi connectivity index (χ3v) is 4.11. The molecule has 1 saturated carbocycles. The Hall–Kier alpha value is -1.43. The van der Waals surface area contributed by atoms with Crippen LogP contribution in [0.15, 0.2) is 6.33 Å². The Balaban J connectivity index is 1.69. The van der Waals surface area contributed by atoms with E-state index in [4.69, 9.17) is 4.74 Å². The number of hydrogen-bond donors (Lipinski definition) is 1. The largest absolute Gasteiger partial charge is 0.377 e. The van der Waals surface area contributed by atoms with E-state index in [2.05, 4.69) is 29.4 Å². The highest BCUT2D eigenvalue weighted by Crippen LogP contribution is 2.36. The second kappa shape index (κ2) is 5.52. The Morgan fingerprint density at radius 2 is 2.25 bits per heavy atom. The summed E-state index contributed by atoms with van der Waals surface area (Å²) in [6.45, 7) is 4.96. The predicted molar refractivity (Wildman–Crippen MR) is 74.2 cm³/mol. The third kappa shape index (κ3) is 2.70. The maximum Gasteiger partial charge on any atom is 0.232 e. The maximum atomic E-state index is 12.5. The fourth-order valence-corrected chi connectivity index (χ4v) is 2.90. The van der Waals surface area contributed by atoms with Crippen molar-refractivity contribution in [3.05, 3.63) is 6.33 Å². The molecule has 0 bridgehead atoms. The number of ether oxygens (including phenoxy) is 1. The number of amides is 1. The molecule has 1 aromatic rings. The fraction of sp³-hybridized carbons (Fsp3) is 0.786. The van der Waals surface area contributed by atoms with Crippen molar-refractivity contribution < 1.29 is 9.53 Å². The topological polar surface area (TPSA) is 69.0 Å². The van der Waals surface area contributed by atoms with Gasteiger partial charge in [-0.3, -0.25) is 14.7 Å². The molecule has 3 rings (SSSR count). The lowest BCUT2D eigenvalue weighted by atomic mass is 9.87. The Kier molecular flexibility index (Phi) is 3.74. The number of rotatable bonds is 4. The summed E-state index contributed by atoms with van der Waals surface area (Å²) in [5.74, 6) is 0.837. The van der Waals surface area contributed by atoms with Crippen LogP contribution in [0.2, 0.25) is 0 Å². The van der Waals surface area contributed by atoms with Gasteiger partial charge in [-0.2, -0.15) is 0 Å². The quantitative estimate of drug-likeness (QED) is 0.914. The molecule has 1 amide bonds. The number of carbonyl (C=O) groups excluding carboxylic acids is 1. The number of anilines is 1. The molecular weight excluding hydrogens is 256 g/mol. The number of nitrogens with zero attached hydrogens (tertiary/aromatic N) is 3. The molecule has 1 N–H and O–H groups in total. The summed E-state index contributed by atoms with van der Waals surface area (Å²) in [5.41, 5.74) is 0. The van der Waals surface area contributed by atoms with Gasteiger partial charge >= 0.3 is 0 Å². The van der Waals surface area contributed by atoms with Crippen LogP contribution in [-0.4, -0.2) is 33.4 Å². The lowest BCUT2D eigenvalue weighted by Crippen LogP contribution is -2.41. The minimum absolute atomic E-state index is 0.000969. The monoisotopic (exact) mass is 278 g/mol. The van der Waals surface area contributed by atoms with E-state index in [1.807, 2.05) is 4.57 Å². The number of nitrogens with one attached hydrogen (secondary N) is 1. The van der Waals surface area contributed by atoms with E-state index in [1.54, 1.807) is 6.33 Å². The molecule has 110 valence electrons. The van der Waals surface area contributed by atoms with Gasteiger partial charge in [0.2, 0.25) is 11.9 Å². The van der Waals surface area contributed by atoms with Crippen molar-refractivity contribution in [2.75, 3.05) is 11.9 Å². The first-order valence-corrected chi connectivity index (χ1v) is 7.49. The Morgan fingerprint density at radius 1 is 1.45 bits per heavy atom. The number of carbonyl (C=O) groups is 1. The van der Waals surface area contributed by atoms with Crippen molar-refractivity contribution in [1.82, 2.24) is 14.8 Å². The van der Waals surface area contributed by atoms with E-state index in [-0.39, 0.29) is 17.9 Å². The van der Waals surface area contributed by atoms with E-state index in [9.17, 15) is 4.79 Å². The molecule has 2 atom stereocenters. The summed E-state index contributed by atoms with van der Waals surface area (Å²) in [4.78, 5) is 12.5. The zero-order chi connectivity index (χ0) is 14.1. The van der Waals surface area contributed by atoms with Gasteiger partial charge in [0, 0.05) is 12.6 Å². The standard InChI is InChI=1S/C14H22N4O2/c1-9(2)12-11(4-3-7-20-12)13(19)16-14-17-15-8-18(14)10-5-6-10/h8-12H,3-7H2,1-2H3,(H,16,17,19)/t11-,12+/m1/s1. The predicted octanol–water partition coefficient (Wildman–Crippen LogP) is 2.00. The summed E-state index contributed by atoms with van der Waals surface area (Å²) < 4.78 is 7.74. The van der Waals surface area contributed by atoms with Gasteiger partial charge in [0.25, 0.3) is 0 Å².